The van der Waals surface area contributed by atoms with Crippen molar-refractivity contribution in [2.75, 3.05) is 13.1 Å². The smallest absolute Gasteiger partial charge is 0.311 e. The van der Waals surface area contributed by atoms with Crippen LogP contribution >= 0.6 is 0 Å². The molecule has 0 atom stereocenters. The number of hydrogen-bond donors (Lipinski definition) is 0. The highest BCUT2D eigenvalue weighted by molar-refractivity contribution is 7.89. The summed E-state index contributed by atoms with van der Waals surface area (Å²) in [6, 6.07) is 23.3. The first kappa shape index (κ1) is 22.7. The molecule has 0 aromatic heterocycles. The van der Waals surface area contributed by atoms with Gasteiger partial charge in [-0.15, -0.1) is 0 Å². The molecule has 0 radical (unpaired) electrons. The van der Waals surface area contributed by atoms with Crippen LogP contribution in [0.15, 0.2) is 77.7 Å². The number of ether oxygens (including phenoxy) is 1. The lowest BCUT2D eigenvalue weighted by Gasteiger charge is -2.15. The van der Waals surface area contributed by atoms with Crippen LogP contribution in [0, 0.1) is 11.3 Å². The number of sulfonamides is 1. The Morgan fingerprint density at radius 1 is 0.879 bits per heavy atom. The van der Waals surface area contributed by atoms with Crippen molar-refractivity contribution in [3.05, 3.63) is 83.9 Å². The number of nitrogens with zero attached hydrogens (tertiary/aromatic N) is 2. The highest BCUT2D eigenvalue weighted by atomic mass is 32.2. The van der Waals surface area contributed by atoms with Gasteiger partial charge in [0.1, 0.15) is 5.75 Å². The molecule has 6 nitrogen and oxygen atoms in total. The van der Waals surface area contributed by atoms with E-state index in [1.165, 1.54) is 4.31 Å². The van der Waals surface area contributed by atoms with E-state index >= 15 is 0 Å². The van der Waals surface area contributed by atoms with Crippen LogP contribution in [0.5, 0.6) is 5.75 Å². The van der Waals surface area contributed by atoms with Crippen LogP contribution in [0.3, 0.4) is 0 Å². The zero-order valence-electron chi connectivity index (χ0n) is 18.1. The van der Waals surface area contributed by atoms with Gasteiger partial charge in [0, 0.05) is 19.5 Å². The average Bonchev–Trinajstić information content (AvgIpc) is 3.40. The largest absolute Gasteiger partial charge is 0.427 e. The molecule has 0 N–H and O–H groups in total. The first-order chi connectivity index (χ1) is 16.0. The molecule has 1 aliphatic heterocycles. The van der Waals surface area contributed by atoms with Crippen LogP contribution in [0.1, 0.15) is 30.4 Å². The fourth-order valence-electron chi connectivity index (χ4n) is 3.79. The Hall–Kier alpha value is -3.47. The first-order valence-electron chi connectivity index (χ1n) is 10.9. The molecule has 0 aliphatic carbocycles. The number of carbonyl (C=O) groups excluding carboxylic acids is 1. The zero-order chi connectivity index (χ0) is 23.3. The van der Waals surface area contributed by atoms with E-state index in [0.29, 0.717) is 30.8 Å². The molecule has 168 valence electrons. The van der Waals surface area contributed by atoms with Gasteiger partial charge in [-0.2, -0.15) is 9.57 Å². The van der Waals surface area contributed by atoms with Crippen molar-refractivity contribution >= 4 is 16.0 Å². The molecule has 3 aromatic carbocycles. The van der Waals surface area contributed by atoms with Crippen molar-refractivity contribution in [1.82, 2.24) is 4.31 Å². The van der Waals surface area contributed by atoms with E-state index in [-0.39, 0.29) is 17.3 Å². The summed E-state index contributed by atoms with van der Waals surface area (Å²) in [6.45, 7) is 1.15. The predicted molar refractivity (Wildman–Crippen MR) is 125 cm³/mol. The summed E-state index contributed by atoms with van der Waals surface area (Å²) in [7, 11) is -3.43. The summed E-state index contributed by atoms with van der Waals surface area (Å²) in [5.41, 5.74) is 3.42. The molecule has 7 heteroatoms. The van der Waals surface area contributed by atoms with Gasteiger partial charge in [-0.3, -0.25) is 4.79 Å². The molecule has 4 rings (SSSR count). The number of esters is 1. The Morgan fingerprint density at radius 2 is 1.45 bits per heavy atom. The lowest BCUT2D eigenvalue weighted by molar-refractivity contribution is -0.134. The Balaban J connectivity index is 1.30. The molecular weight excluding hydrogens is 436 g/mol. The molecule has 0 amide bonds. The van der Waals surface area contributed by atoms with Gasteiger partial charge < -0.3 is 4.74 Å². The summed E-state index contributed by atoms with van der Waals surface area (Å²) in [5.74, 6) is 0.110. The SMILES string of the molecule is N#Cc1ccc(-c2ccc(OC(=O)CCc3ccc(S(=O)(=O)N4CCCC4)cc3)cc2)cc1. The van der Waals surface area contributed by atoms with Gasteiger partial charge in [-0.1, -0.05) is 36.4 Å². The van der Waals surface area contributed by atoms with Crippen LogP contribution in [-0.4, -0.2) is 31.8 Å². The third-order valence-electron chi connectivity index (χ3n) is 5.68. The van der Waals surface area contributed by atoms with Gasteiger partial charge in [-0.25, -0.2) is 8.42 Å². The monoisotopic (exact) mass is 460 g/mol. The summed E-state index contributed by atoms with van der Waals surface area (Å²) in [5, 5.41) is 8.90. The lowest BCUT2D eigenvalue weighted by Crippen LogP contribution is -2.27. The molecule has 1 fully saturated rings. The second-order valence-electron chi connectivity index (χ2n) is 7.94. The molecule has 1 aliphatic rings. The van der Waals surface area contributed by atoms with Crippen LogP contribution in [0.2, 0.25) is 0 Å². The van der Waals surface area contributed by atoms with E-state index in [2.05, 4.69) is 6.07 Å². The fourth-order valence-corrected chi connectivity index (χ4v) is 5.30. The molecule has 33 heavy (non-hydrogen) atoms. The molecule has 0 bridgehead atoms. The molecular formula is C26H24N2O4S. The number of aryl methyl sites for hydroxylation is 1. The number of hydrogen-bond acceptors (Lipinski definition) is 5. The first-order valence-corrected chi connectivity index (χ1v) is 12.3. The third-order valence-corrected chi connectivity index (χ3v) is 7.59. The van der Waals surface area contributed by atoms with E-state index in [0.717, 1.165) is 29.5 Å². The van der Waals surface area contributed by atoms with Crippen LogP contribution in [0.4, 0.5) is 0 Å². The van der Waals surface area contributed by atoms with E-state index in [1.807, 2.05) is 24.3 Å². The summed E-state index contributed by atoms with van der Waals surface area (Å²) < 4.78 is 32.1. The molecule has 0 unspecified atom stereocenters. The summed E-state index contributed by atoms with van der Waals surface area (Å²) in [6.07, 6.45) is 2.46. The molecule has 0 spiro atoms. The van der Waals surface area contributed by atoms with Crippen LogP contribution < -0.4 is 4.74 Å². The second kappa shape index (κ2) is 9.99. The Kier molecular flexibility index (Phi) is 6.87. The van der Waals surface area contributed by atoms with E-state index in [9.17, 15) is 13.2 Å². The van der Waals surface area contributed by atoms with Gasteiger partial charge in [0.15, 0.2) is 0 Å². The van der Waals surface area contributed by atoms with Crippen molar-refractivity contribution in [3.63, 3.8) is 0 Å². The van der Waals surface area contributed by atoms with Gasteiger partial charge in [0.2, 0.25) is 10.0 Å². The third kappa shape index (κ3) is 5.48. The summed E-state index contributed by atoms with van der Waals surface area (Å²) >= 11 is 0. The molecule has 3 aromatic rings. The minimum Gasteiger partial charge on any atom is -0.427 e. The number of rotatable bonds is 7. The normalized spacial score (nSPS) is 14.0. The lowest BCUT2D eigenvalue weighted by atomic mass is 10.0. The van der Waals surface area contributed by atoms with E-state index in [1.54, 1.807) is 48.5 Å². The van der Waals surface area contributed by atoms with Crippen LogP contribution in [-0.2, 0) is 21.2 Å². The number of carbonyl (C=O) groups is 1. The van der Waals surface area contributed by atoms with Crippen molar-refractivity contribution in [2.24, 2.45) is 0 Å². The Bertz CT molecular complexity index is 1250. The summed E-state index contributed by atoms with van der Waals surface area (Å²) in [4.78, 5) is 12.5. The van der Waals surface area contributed by atoms with Gasteiger partial charge in [0.25, 0.3) is 0 Å². The van der Waals surface area contributed by atoms with Crippen molar-refractivity contribution in [3.8, 4) is 22.9 Å². The standard InChI is InChI=1S/C26H24N2O4S/c27-19-21-3-8-22(9-4-21)23-10-12-24(13-11-23)32-26(29)16-7-20-5-14-25(15-6-20)33(30,31)28-17-1-2-18-28/h3-6,8-15H,1-2,7,16-18H2. The average molecular weight is 461 g/mol. The number of nitriles is 1. The van der Waals surface area contributed by atoms with Crippen molar-refractivity contribution in [1.29, 1.82) is 5.26 Å². The molecule has 1 heterocycles. The van der Waals surface area contributed by atoms with Crippen molar-refractivity contribution < 1.29 is 17.9 Å². The highest BCUT2D eigenvalue weighted by Gasteiger charge is 2.26. The van der Waals surface area contributed by atoms with Crippen LogP contribution in [0.25, 0.3) is 11.1 Å². The van der Waals surface area contributed by atoms with Gasteiger partial charge in [0.05, 0.1) is 16.5 Å². The Labute approximate surface area is 194 Å². The predicted octanol–water partition coefficient (Wildman–Crippen LogP) is 4.55. The maximum Gasteiger partial charge on any atom is 0.311 e. The van der Waals surface area contributed by atoms with E-state index < -0.39 is 10.0 Å². The Morgan fingerprint density at radius 3 is 2.03 bits per heavy atom. The highest BCUT2D eigenvalue weighted by Crippen LogP contribution is 2.24. The fraction of sp³-hybridized carbons (Fsp3) is 0.231. The number of benzene rings is 3. The minimum absolute atomic E-state index is 0.190. The maximum absolute atomic E-state index is 12.6. The maximum atomic E-state index is 12.6. The van der Waals surface area contributed by atoms with E-state index in [4.69, 9.17) is 10.00 Å². The van der Waals surface area contributed by atoms with Gasteiger partial charge >= 0.3 is 5.97 Å². The topological polar surface area (TPSA) is 87.5 Å². The zero-order valence-corrected chi connectivity index (χ0v) is 18.9. The molecule has 1 saturated heterocycles. The quantitative estimate of drug-likeness (QED) is 0.381. The second-order valence-corrected chi connectivity index (χ2v) is 9.88. The van der Waals surface area contributed by atoms with Crippen molar-refractivity contribution in [2.45, 2.75) is 30.6 Å². The van der Waals surface area contributed by atoms with Gasteiger partial charge in [-0.05, 0) is 72.4 Å². The molecule has 0 saturated carbocycles. The minimum atomic E-state index is -3.43.